The molecular formula is C31H34N2O4. The van der Waals surface area contributed by atoms with E-state index in [1.165, 1.54) is 0 Å². The summed E-state index contributed by atoms with van der Waals surface area (Å²) in [4.78, 5) is 0. The molecule has 0 saturated carbocycles. The molecule has 0 N–H and O–H groups in total. The van der Waals surface area contributed by atoms with Gasteiger partial charge in [0.15, 0.2) is 5.41 Å². The first-order valence-corrected chi connectivity index (χ1v) is 12.3. The Morgan fingerprint density at radius 3 is 2.22 bits per heavy atom. The Bertz CT molecular complexity index is 1230. The van der Waals surface area contributed by atoms with Crippen LogP contribution >= 0.6 is 0 Å². The number of hydrogen-bond acceptors (Lipinski definition) is 6. The summed E-state index contributed by atoms with van der Waals surface area (Å²) in [5.41, 5.74) is 1.33. The van der Waals surface area contributed by atoms with Crippen molar-refractivity contribution in [2.45, 2.75) is 31.6 Å². The second-order valence-corrected chi connectivity index (χ2v) is 8.92. The molecule has 6 heteroatoms. The summed E-state index contributed by atoms with van der Waals surface area (Å²) in [5.74, 6) is 2.52. The van der Waals surface area contributed by atoms with Crippen LogP contribution in [-0.2, 0) is 0 Å². The zero-order valence-corrected chi connectivity index (χ0v) is 22.0. The summed E-state index contributed by atoms with van der Waals surface area (Å²) >= 11 is 0. The predicted octanol–water partition coefficient (Wildman–Crippen LogP) is 6.85. The van der Waals surface area contributed by atoms with Gasteiger partial charge in [0.1, 0.15) is 23.0 Å². The molecule has 192 valence electrons. The largest absolute Gasteiger partial charge is 0.497 e. The van der Waals surface area contributed by atoms with Crippen molar-refractivity contribution in [2.75, 3.05) is 28.4 Å². The Hall–Kier alpha value is -4.16. The van der Waals surface area contributed by atoms with Gasteiger partial charge in [0.25, 0.3) is 0 Å². The van der Waals surface area contributed by atoms with Crippen molar-refractivity contribution in [1.82, 2.24) is 0 Å². The smallest absolute Gasteiger partial charge is 0.168 e. The maximum Gasteiger partial charge on any atom is 0.168 e. The number of ether oxygens (including phenoxy) is 4. The van der Waals surface area contributed by atoms with Gasteiger partial charge in [0.05, 0.1) is 40.6 Å². The highest BCUT2D eigenvalue weighted by molar-refractivity contribution is 5.61. The minimum atomic E-state index is -1.28. The van der Waals surface area contributed by atoms with E-state index < -0.39 is 5.41 Å². The fourth-order valence-corrected chi connectivity index (χ4v) is 5.08. The van der Waals surface area contributed by atoms with Gasteiger partial charge in [-0.2, -0.15) is 10.5 Å². The number of nitriles is 2. The molecule has 0 bridgehead atoms. The summed E-state index contributed by atoms with van der Waals surface area (Å²) in [6.45, 7) is 3.82. The minimum Gasteiger partial charge on any atom is -0.497 e. The number of nitrogens with zero attached hydrogens (tertiary/aromatic N) is 2. The summed E-state index contributed by atoms with van der Waals surface area (Å²) < 4.78 is 22.3. The molecule has 2 atom stereocenters. The van der Waals surface area contributed by atoms with E-state index in [4.69, 9.17) is 18.9 Å². The molecule has 2 aromatic rings. The molecule has 1 aliphatic carbocycles. The zero-order valence-electron chi connectivity index (χ0n) is 22.0. The van der Waals surface area contributed by atoms with Crippen LogP contribution in [0.2, 0.25) is 0 Å². The SMILES string of the molecule is C=CCC(C#N)(C#N)C1=CCCC[C@H]1C(/C=C/c1cc(OC)ccc1OC)c1cc(OC)ccc1OC. The number of benzene rings is 2. The molecule has 1 unspecified atom stereocenters. The molecule has 0 radical (unpaired) electrons. The molecule has 0 aliphatic heterocycles. The summed E-state index contributed by atoms with van der Waals surface area (Å²) in [5, 5.41) is 20.4. The molecule has 0 aromatic heterocycles. The normalized spacial score (nSPS) is 16.2. The van der Waals surface area contributed by atoms with Gasteiger partial charge in [-0.3, -0.25) is 0 Å². The maximum atomic E-state index is 10.2. The lowest BCUT2D eigenvalue weighted by Gasteiger charge is -2.36. The summed E-state index contributed by atoms with van der Waals surface area (Å²) in [6.07, 6.45) is 10.7. The third-order valence-corrected chi connectivity index (χ3v) is 6.96. The number of hydrogen-bond donors (Lipinski definition) is 0. The number of methoxy groups -OCH3 is 4. The van der Waals surface area contributed by atoms with Crippen LogP contribution in [0.25, 0.3) is 6.08 Å². The van der Waals surface area contributed by atoms with Gasteiger partial charge in [-0.15, -0.1) is 6.58 Å². The number of rotatable bonds is 11. The fourth-order valence-electron chi connectivity index (χ4n) is 5.08. The van der Waals surface area contributed by atoms with Crippen LogP contribution in [0, 0.1) is 34.0 Å². The van der Waals surface area contributed by atoms with Crippen LogP contribution in [-0.4, -0.2) is 28.4 Å². The van der Waals surface area contributed by atoms with Crippen LogP contribution in [0.4, 0.5) is 0 Å². The topological polar surface area (TPSA) is 84.5 Å². The molecular weight excluding hydrogens is 464 g/mol. The van der Waals surface area contributed by atoms with Crippen LogP contribution in [0.15, 0.2) is 66.8 Å². The molecule has 6 nitrogen and oxygen atoms in total. The van der Waals surface area contributed by atoms with E-state index >= 15 is 0 Å². The Morgan fingerprint density at radius 2 is 1.62 bits per heavy atom. The highest BCUT2D eigenvalue weighted by Crippen LogP contribution is 2.49. The van der Waals surface area contributed by atoms with Crippen molar-refractivity contribution >= 4 is 6.08 Å². The van der Waals surface area contributed by atoms with Gasteiger partial charge in [-0.25, -0.2) is 0 Å². The standard InChI is InChI=1S/C31H34N2O4/c1-6-17-31(20-32,21-33)28-10-8-7-9-26(28)25(27-19-24(35-3)13-16-30(27)37-5)14-11-22-18-23(34-2)12-15-29(22)36-4/h6,10-16,18-19,25-26H,1,7-9,17H2,2-5H3/b14-11+/t25?,26-/m0/s1. The summed E-state index contributed by atoms with van der Waals surface area (Å²) in [7, 11) is 6.53. The van der Waals surface area contributed by atoms with E-state index in [1.807, 2.05) is 42.5 Å². The predicted molar refractivity (Wildman–Crippen MR) is 145 cm³/mol. The molecule has 1 aliphatic rings. The quantitative estimate of drug-likeness (QED) is 0.315. The Balaban J connectivity index is 2.24. The molecule has 2 aromatic carbocycles. The average molecular weight is 499 g/mol. The van der Waals surface area contributed by atoms with Crippen molar-refractivity contribution in [3.8, 4) is 35.1 Å². The van der Waals surface area contributed by atoms with Crippen LogP contribution in [0.5, 0.6) is 23.0 Å². The van der Waals surface area contributed by atoms with E-state index in [9.17, 15) is 10.5 Å². The first kappa shape index (κ1) is 27.4. The molecule has 0 heterocycles. The Labute approximate surface area is 220 Å². The van der Waals surface area contributed by atoms with Crippen molar-refractivity contribution in [3.63, 3.8) is 0 Å². The van der Waals surface area contributed by atoms with Gasteiger partial charge >= 0.3 is 0 Å². The van der Waals surface area contributed by atoms with E-state index in [1.54, 1.807) is 34.5 Å². The van der Waals surface area contributed by atoms with Crippen molar-refractivity contribution < 1.29 is 18.9 Å². The lowest BCUT2D eigenvalue weighted by molar-refractivity contribution is 0.374. The van der Waals surface area contributed by atoms with E-state index in [0.717, 1.165) is 36.0 Å². The average Bonchev–Trinajstić information content (AvgIpc) is 2.96. The zero-order chi connectivity index (χ0) is 26.8. The minimum absolute atomic E-state index is 0.109. The van der Waals surface area contributed by atoms with Gasteiger partial charge in [-0.05, 0) is 67.2 Å². The second-order valence-electron chi connectivity index (χ2n) is 8.92. The number of allylic oxidation sites excluding steroid dienone is 4. The van der Waals surface area contributed by atoms with Gasteiger partial charge < -0.3 is 18.9 Å². The van der Waals surface area contributed by atoms with Crippen LogP contribution < -0.4 is 18.9 Å². The molecule has 0 fully saturated rings. The molecule has 3 rings (SSSR count). The third-order valence-electron chi connectivity index (χ3n) is 6.96. The highest BCUT2D eigenvalue weighted by atomic mass is 16.5. The van der Waals surface area contributed by atoms with Gasteiger partial charge in [0, 0.05) is 23.5 Å². The van der Waals surface area contributed by atoms with E-state index in [2.05, 4.69) is 30.9 Å². The third kappa shape index (κ3) is 5.81. The van der Waals surface area contributed by atoms with Gasteiger partial charge in [0.2, 0.25) is 0 Å². The van der Waals surface area contributed by atoms with Crippen molar-refractivity contribution in [1.29, 1.82) is 10.5 Å². The first-order valence-electron chi connectivity index (χ1n) is 12.3. The van der Waals surface area contributed by atoms with Crippen LogP contribution in [0.3, 0.4) is 0 Å². The van der Waals surface area contributed by atoms with Gasteiger partial charge in [-0.1, -0.05) is 24.3 Å². The van der Waals surface area contributed by atoms with E-state index in [0.29, 0.717) is 23.0 Å². The fraction of sp³-hybridized carbons (Fsp3) is 0.355. The lowest BCUT2D eigenvalue weighted by Crippen LogP contribution is -2.29. The molecule has 0 saturated heterocycles. The highest BCUT2D eigenvalue weighted by Gasteiger charge is 2.42. The Kier molecular flexibility index (Phi) is 9.41. The van der Waals surface area contributed by atoms with Crippen molar-refractivity contribution in [2.24, 2.45) is 11.3 Å². The molecule has 0 spiro atoms. The second kappa shape index (κ2) is 12.7. The Morgan fingerprint density at radius 1 is 0.973 bits per heavy atom. The maximum absolute atomic E-state index is 10.2. The van der Waals surface area contributed by atoms with E-state index in [-0.39, 0.29) is 18.3 Å². The van der Waals surface area contributed by atoms with Crippen molar-refractivity contribution in [3.05, 3.63) is 77.9 Å². The summed E-state index contributed by atoms with van der Waals surface area (Å²) in [6, 6.07) is 16.0. The molecule has 0 amide bonds. The molecule has 37 heavy (non-hydrogen) atoms. The van der Waals surface area contributed by atoms with Crippen LogP contribution in [0.1, 0.15) is 42.7 Å². The lowest BCUT2D eigenvalue weighted by atomic mass is 9.65. The monoisotopic (exact) mass is 498 g/mol. The first-order chi connectivity index (χ1) is 18.0.